The molecular weight excluding hydrogens is 261 g/mol. The van der Waals surface area contributed by atoms with E-state index in [1.807, 2.05) is 0 Å². The number of pyridine rings is 1. The van der Waals surface area contributed by atoms with E-state index < -0.39 is 17.5 Å². The summed E-state index contributed by atoms with van der Waals surface area (Å²) in [4.78, 5) is 3.71. The molecule has 0 aliphatic carbocycles. The minimum atomic E-state index is -4.43. The average molecular weight is 276 g/mol. The van der Waals surface area contributed by atoms with E-state index in [-0.39, 0.29) is 18.5 Å². The molecule has 0 aromatic carbocycles. The Bertz CT molecular complexity index is 449. The number of halogens is 3. The highest BCUT2D eigenvalue weighted by molar-refractivity contribution is 5.45. The van der Waals surface area contributed by atoms with Crippen LogP contribution in [-0.2, 0) is 15.7 Å². The van der Waals surface area contributed by atoms with Crippen molar-refractivity contribution in [2.75, 3.05) is 18.5 Å². The van der Waals surface area contributed by atoms with Crippen LogP contribution in [0.25, 0.3) is 0 Å². The van der Waals surface area contributed by atoms with E-state index in [1.54, 1.807) is 13.8 Å². The van der Waals surface area contributed by atoms with Crippen molar-refractivity contribution in [2.24, 2.45) is 0 Å². The van der Waals surface area contributed by atoms with Crippen LogP contribution in [0.1, 0.15) is 19.4 Å². The Morgan fingerprint density at radius 2 is 2.21 bits per heavy atom. The standard InChI is InChI=1S/C12H15F3N2O2/c1-11(2)18-7-8(19-11)6-17-10-9(12(13,14)15)4-3-5-16-10/h3-5,8H,6-7H2,1-2H3,(H,16,17). The molecule has 0 saturated carbocycles. The summed E-state index contributed by atoms with van der Waals surface area (Å²) >= 11 is 0. The van der Waals surface area contributed by atoms with Gasteiger partial charge in [0.05, 0.1) is 12.2 Å². The van der Waals surface area contributed by atoms with Crippen LogP contribution in [0, 0.1) is 0 Å². The van der Waals surface area contributed by atoms with Crippen LogP contribution in [0.3, 0.4) is 0 Å². The first-order chi connectivity index (χ1) is 8.78. The van der Waals surface area contributed by atoms with Crippen molar-refractivity contribution in [3.8, 4) is 0 Å². The zero-order valence-corrected chi connectivity index (χ0v) is 10.6. The number of anilines is 1. The molecule has 2 heterocycles. The van der Waals surface area contributed by atoms with Gasteiger partial charge in [0.2, 0.25) is 0 Å². The lowest BCUT2D eigenvalue weighted by molar-refractivity contribution is -0.138. The van der Waals surface area contributed by atoms with E-state index in [4.69, 9.17) is 9.47 Å². The highest BCUT2D eigenvalue weighted by atomic mass is 19.4. The highest BCUT2D eigenvalue weighted by Crippen LogP contribution is 2.33. The van der Waals surface area contributed by atoms with Crippen LogP contribution < -0.4 is 5.32 Å². The van der Waals surface area contributed by atoms with Crippen LogP contribution in [0.15, 0.2) is 18.3 Å². The van der Waals surface area contributed by atoms with Crippen LogP contribution in [0.5, 0.6) is 0 Å². The molecule has 1 saturated heterocycles. The molecular formula is C12H15F3N2O2. The number of rotatable bonds is 3. The molecule has 106 valence electrons. The molecule has 1 aromatic rings. The zero-order valence-electron chi connectivity index (χ0n) is 10.6. The normalized spacial score (nSPS) is 22.5. The third kappa shape index (κ3) is 3.57. The van der Waals surface area contributed by atoms with Gasteiger partial charge in [-0.1, -0.05) is 0 Å². The third-order valence-electron chi connectivity index (χ3n) is 2.68. The lowest BCUT2D eigenvalue weighted by Gasteiger charge is -2.18. The number of hydrogen-bond donors (Lipinski definition) is 1. The Kier molecular flexibility index (Phi) is 3.69. The third-order valence-corrected chi connectivity index (χ3v) is 2.68. The van der Waals surface area contributed by atoms with E-state index in [1.165, 1.54) is 12.3 Å². The summed E-state index contributed by atoms with van der Waals surface area (Å²) in [6.45, 7) is 4.07. The fourth-order valence-electron chi connectivity index (χ4n) is 1.85. The summed E-state index contributed by atoms with van der Waals surface area (Å²) < 4.78 is 49.0. The minimum absolute atomic E-state index is 0.191. The Morgan fingerprint density at radius 1 is 1.47 bits per heavy atom. The number of alkyl halides is 3. The first-order valence-corrected chi connectivity index (χ1v) is 5.86. The number of ether oxygens (including phenoxy) is 2. The smallest absolute Gasteiger partial charge is 0.367 e. The van der Waals surface area contributed by atoms with Crippen molar-refractivity contribution in [3.63, 3.8) is 0 Å². The molecule has 0 spiro atoms. The van der Waals surface area contributed by atoms with Crippen LogP contribution in [0.4, 0.5) is 19.0 Å². The van der Waals surface area contributed by atoms with Gasteiger partial charge in [0.25, 0.3) is 0 Å². The van der Waals surface area contributed by atoms with Gasteiger partial charge in [-0.3, -0.25) is 0 Å². The van der Waals surface area contributed by atoms with Gasteiger partial charge in [-0.25, -0.2) is 4.98 Å². The van der Waals surface area contributed by atoms with Crippen molar-refractivity contribution in [1.29, 1.82) is 0 Å². The van der Waals surface area contributed by atoms with Crippen molar-refractivity contribution >= 4 is 5.82 Å². The molecule has 1 aliphatic heterocycles. The molecule has 2 rings (SSSR count). The number of nitrogens with zero attached hydrogens (tertiary/aromatic N) is 1. The molecule has 0 radical (unpaired) electrons. The first kappa shape index (κ1) is 14.1. The second kappa shape index (κ2) is 4.97. The van der Waals surface area contributed by atoms with Gasteiger partial charge in [0.15, 0.2) is 5.79 Å². The number of hydrogen-bond acceptors (Lipinski definition) is 4. The van der Waals surface area contributed by atoms with E-state index in [0.29, 0.717) is 6.61 Å². The van der Waals surface area contributed by atoms with Crippen molar-refractivity contribution in [1.82, 2.24) is 4.98 Å². The fraction of sp³-hybridized carbons (Fsp3) is 0.583. The fourth-order valence-corrected chi connectivity index (χ4v) is 1.85. The summed E-state index contributed by atoms with van der Waals surface area (Å²) in [5.41, 5.74) is -0.784. The molecule has 1 unspecified atom stereocenters. The quantitative estimate of drug-likeness (QED) is 0.921. The van der Waals surface area contributed by atoms with Gasteiger partial charge in [-0.05, 0) is 26.0 Å². The highest BCUT2D eigenvalue weighted by Gasteiger charge is 2.35. The number of aromatic nitrogens is 1. The van der Waals surface area contributed by atoms with Gasteiger partial charge >= 0.3 is 6.18 Å². The molecule has 1 aliphatic rings. The van der Waals surface area contributed by atoms with Gasteiger partial charge in [-0.2, -0.15) is 13.2 Å². The maximum absolute atomic E-state index is 12.7. The molecule has 19 heavy (non-hydrogen) atoms. The summed E-state index contributed by atoms with van der Waals surface area (Å²) in [5.74, 6) is -0.883. The summed E-state index contributed by atoms with van der Waals surface area (Å²) in [6, 6.07) is 2.25. The minimum Gasteiger partial charge on any atom is -0.367 e. The van der Waals surface area contributed by atoms with E-state index >= 15 is 0 Å². The van der Waals surface area contributed by atoms with Gasteiger partial charge < -0.3 is 14.8 Å². The zero-order chi connectivity index (χ0) is 14.1. The molecule has 1 N–H and O–H groups in total. The van der Waals surface area contributed by atoms with Crippen LogP contribution in [0.2, 0.25) is 0 Å². The van der Waals surface area contributed by atoms with Crippen molar-refractivity contribution in [2.45, 2.75) is 31.9 Å². The SMILES string of the molecule is CC1(C)OCC(CNc2ncccc2C(F)(F)F)O1. The lowest BCUT2D eigenvalue weighted by Crippen LogP contribution is -2.27. The Labute approximate surface area is 108 Å². The van der Waals surface area contributed by atoms with Crippen molar-refractivity contribution < 1.29 is 22.6 Å². The van der Waals surface area contributed by atoms with Gasteiger partial charge in [-0.15, -0.1) is 0 Å². The van der Waals surface area contributed by atoms with E-state index in [0.717, 1.165) is 6.07 Å². The lowest BCUT2D eigenvalue weighted by atomic mass is 10.2. The predicted octanol–water partition coefficient (Wildman–Crippen LogP) is 2.66. The maximum atomic E-state index is 12.7. The first-order valence-electron chi connectivity index (χ1n) is 5.86. The molecule has 7 heteroatoms. The summed E-state index contributed by atoms with van der Waals surface area (Å²) in [6.07, 6.45) is -3.41. The Balaban J connectivity index is 2.01. The molecule has 0 bridgehead atoms. The molecule has 1 fully saturated rings. The summed E-state index contributed by atoms with van der Waals surface area (Å²) in [5, 5.41) is 2.66. The van der Waals surface area contributed by atoms with Crippen LogP contribution >= 0.6 is 0 Å². The number of nitrogens with one attached hydrogen (secondary N) is 1. The van der Waals surface area contributed by atoms with Gasteiger partial charge in [0.1, 0.15) is 11.9 Å². The molecule has 0 amide bonds. The predicted molar refractivity (Wildman–Crippen MR) is 62.6 cm³/mol. The summed E-state index contributed by atoms with van der Waals surface area (Å²) in [7, 11) is 0. The molecule has 1 atom stereocenters. The maximum Gasteiger partial charge on any atom is 0.419 e. The monoisotopic (exact) mass is 276 g/mol. The van der Waals surface area contributed by atoms with E-state index in [2.05, 4.69) is 10.3 Å². The topological polar surface area (TPSA) is 43.4 Å². The molecule has 1 aromatic heterocycles. The Hall–Kier alpha value is -1.34. The van der Waals surface area contributed by atoms with E-state index in [9.17, 15) is 13.2 Å². The average Bonchev–Trinajstić information content (AvgIpc) is 2.66. The Morgan fingerprint density at radius 3 is 2.79 bits per heavy atom. The van der Waals surface area contributed by atoms with Crippen LogP contribution in [-0.4, -0.2) is 30.0 Å². The van der Waals surface area contributed by atoms with Crippen molar-refractivity contribution in [3.05, 3.63) is 23.9 Å². The largest absolute Gasteiger partial charge is 0.419 e. The van der Waals surface area contributed by atoms with Gasteiger partial charge in [0, 0.05) is 12.7 Å². The second-order valence-electron chi connectivity index (χ2n) is 4.73. The second-order valence-corrected chi connectivity index (χ2v) is 4.73. The molecule has 4 nitrogen and oxygen atoms in total.